The molecule has 1 amide bonds. The number of nitrogens with zero attached hydrogens (tertiary/aromatic N) is 2. The van der Waals surface area contributed by atoms with Crippen LogP contribution in [0, 0.1) is 0 Å². The van der Waals surface area contributed by atoms with Gasteiger partial charge in [-0.1, -0.05) is 12.1 Å². The lowest BCUT2D eigenvalue weighted by atomic mass is 9.99. The Morgan fingerprint density at radius 2 is 2.12 bits per heavy atom. The fourth-order valence-electron chi connectivity index (χ4n) is 3.75. The number of fused-ring (bicyclic) bond motifs is 2. The number of hydrogen-bond acceptors (Lipinski definition) is 6. The molecule has 2 atom stereocenters. The lowest BCUT2D eigenvalue weighted by Crippen LogP contribution is -2.43. The molecule has 2 aliphatic heterocycles. The monoisotopic (exact) mass is 491 g/mol. The summed E-state index contributed by atoms with van der Waals surface area (Å²) >= 11 is 0. The quantitative estimate of drug-likeness (QED) is 0.544. The minimum Gasteiger partial charge on any atom is -0.491 e. The number of amides is 1. The Bertz CT molecular complexity index is 990. The average Bonchev–Trinajstić information content (AvgIpc) is 3.31. The SMILES string of the molecule is O=C(N[C@H]1COc2ccc(CCOC(F)F)cc2C1)c1cc2n(n1)C[C@H](COCC(F)(F)F)O2. The molecule has 1 N–H and O–H groups in total. The Morgan fingerprint density at radius 3 is 2.85 bits per heavy atom. The maximum absolute atomic E-state index is 12.6. The van der Waals surface area contributed by atoms with Gasteiger partial charge in [0.25, 0.3) is 5.91 Å². The minimum absolute atomic E-state index is 0.105. The summed E-state index contributed by atoms with van der Waals surface area (Å²) in [5.41, 5.74) is 1.75. The van der Waals surface area contributed by atoms with Crippen LogP contribution in [0.1, 0.15) is 21.6 Å². The molecule has 0 fully saturated rings. The fraction of sp³-hybridized carbons (Fsp3) is 0.524. The van der Waals surface area contributed by atoms with Gasteiger partial charge < -0.3 is 24.3 Å². The summed E-state index contributed by atoms with van der Waals surface area (Å²) in [4.78, 5) is 12.6. The molecule has 0 radical (unpaired) electrons. The number of carbonyl (C=O) groups is 1. The molecule has 8 nitrogen and oxygen atoms in total. The zero-order valence-corrected chi connectivity index (χ0v) is 17.8. The third-order valence-electron chi connectivity index (χ3n) is 5.21. The smallest absolute Gasteiger partial charge is 0.411 e. The number of hydrogen-bond donors (Lipinski definition) is 1. The van der Waals surface area contributed by atoms with E-state index in [0.29, 0.717) is 18.6 Å². The van der Waals surface area contributed by atoms with E-state index >= 15 is 0 Å². The fourth-order valence-corrected chi connectivity index (χ4v) is 3.75. The second-order valence-corrected chi connectivity index (χ2v) is 7.93. The highest BCUT2D eigenvalue weighted by Gasteiger charge is 2.31. The molecule has 0 saturated carbocycles. The topological polar surface area (TPSA) is 83.8 Å². The van der Waals surface area contributed by atoms with Crippen LogP contribution in [0.5, 0.6) is 11.6 Å². The summed E-state index contributed by atoms with van der Waals surface area (Å²) in [6.45, 7) is -4.13. The van der Waals surface area contributed by atoms with Gasteiger partial charge in [-0.25, -0.2) is 4.68 Å². The Balaban J connectivity index is 1.28. The van der Waals surface area contributed by atoms with Gasteiger partial charge in [0.1, 0.15) is 25.1 Å². The van der Waals surface area contributed by atoms with E-state index < -0.39 is 31.4 Å². The number of nitrogens with one attached hydrogen (secondary N) is 1. The van der Waals surface area contributed by atoms with E-state index in [9.17, 15) is 26.7 Å². The number of aromatic nitrogens is 2. The van der Waals surface area contributed by atoms with Crippen LogP contribution in [0.4, 0.5) is 22.0 Å². The van der Waals surface area contributed by atoms with Gasteiger partial charge >= 0.3 is 12.8 Å². The Morgan fingerprint density at radius 1 is 1.29 bits per heavy atom. The normalized spacial score (nSPS) is 19.4. The molecule has 13 heteroatoms. The number of halogens is 5. The van der Waals surface area contributed by atoms with Gasteiger partial charge in [0, 0.05) is 6.07 Å². The highest BCUT2D eigenvalue weighted by Crippen LogP contribution is 2.27. The van der Waals surface area contributed by atoms with Crippen molar-refractivity contribution >= 4 is 5.91 Å². The van der Waals surface area contributed by atoms with Crippen molar-refractivity contribution in [3.63, 3.8) is 0 Å². The zero-order chi connectivity index (χ0) is 24.3. The van der Waals surface area contributed by atoms with Crippen LogP contribution in [0.2, 0.25) is 0 Å². The third-order valence-corrected chi connectivity index (χ3v) is 5.21. The van der Waals surface area contributed by atoms with Crippen LogP contribution < -0.4 is 14.8 Å². The summed E-state index contributed by atoms with van der Waals surface area (Å²) in [5.74, 6) is 0.484. The maximum atomic E-state index is 12.6. The second kappa shape index (κ2) is 10.1. The van der Waals surface area contributed by atoms with Crippen molar-refractivity contribution in [2.45, 2.75) is 44.3 Å². The first-order valence-corrected chi connectivity index (χ1v) is 10.5. The van der Waals surface area contributed by atoms with Gasteiger partial charge in [-0.05, 0) is 30.0 Å². The minimum atomic E-state index is -4.41. The van der Waals surface area contributed by atoms with Gasteiger partial charge in [0.15, 0.2) is 5.69 Å². The standard InChI is InChI=1S/C21H22F5N3O5/c22-20(23)32-4-3-12-1-2-17-13(5-12)6-14(9-33-17)27-19(30)16-7-18-29(28-16)8-15(34-18)10-31-11-21(24,25)26/h1-2,5,7,14-15,20H,3-4,6,8-11H2,(H,27,30)/t14-,15-/m1/s1. The lowest BCUT2D eigenvalue weighted by Gasteiger charge is -2.26. The number of carbonyl (C=O) groups excluding carboxylic acids is 1. The van der Waals surface area contributed by atoms with E-state index in [2.05, 4.69) is 19.9 Å². The molecule has 2 aliphatic rings. The number of ether oxygens (including phenoxy) is 4. The molecule has 1 aromatic heterocycles. The van der Waals surface area contributed by atoms with Crippen molar-refractivity contribution in [2.75, 3.05) is 26.4 Å². The van der Waals surface area contributed by atoms with E-state index in [1.807, 2.05) is 6.07 Å². The van der Waals surface area contributed by atoms with Crippen LogP contribution in [-0.2, 0) is 28.9 Å². The van der Waals surface area contributed by atoms with Crippen molar-refractivity contribution in [2.24, 2.45) is 0 Å². The molecule has 186 valence electrons. The van der Waals surface area contributed by atoms with Gasteiger partial charge in [0.05, 0.1) is 25.8 Å². The molecule has 0 aliphatic carbocycles. The molecule has 0 unspecified atom stereocenters. The Kier molecular flexibility index (Phi) is 7.22. The predicted octanol–water partition coefficient (Wildman–Crippen LogP) is 2.74. The average molecular weight is 491 g/mol. The largest absolute Gasteiger partial charge is 0.491 e. The number of rotatable bonds is 9. The van der Waals surface area contributed by atoms with Gasteiger partial charge in [-0.3, -0.25) is 4.79 Å². The summed E-state index contributed by atoms with van der Waals surface area (Å²) in [6.07, 6.45) is -4.24. The van der Waals surface area contributed by atoms with Crippen LogP contribution in [0.3, 0.4) is 0 Å². The summed E-state index contributed by atoms with van der Waals surface area (Å²) in [6, 6.07) is 6.45. The molecule has 1 aromatic carbocycles. The highest BCUT2D eigenvalue weighted by molar-refractivity contribution is 5.92. The predicted molar refractivity (Wildman–Crippen MR) is 106 cm³/mol. The molecule has 4 rings (SSSR count). The van der Waals surface area contributed by atoms with Crippen LogP contribution in [0.25, 0.3) is 0 Å². The first-order valence-electron chi connectivity index (χ1n) is 10.5. The van der Waals surface area contributed by atoms with Crippen molar-refractivity contribution < 1.29 is 45.7 Å². The van der Waals surface area contributed by atoms with E-state index in [4.69, 9.17) is 9.47 Å². The summed E-state index contributed by atoms with van der Waals surface area (Å²) < 4.78 is 82.3. The molecule has 0 saturated heterocycles. The molecular formula is C21H22F5N3O5. The Labute approximate surface area is 190 Å². The van der Waals surface area contributed by atoms with Crippen molar-refractivity contribution in [1.29, 1.82) is 0 Å². The summed E-state index contributed by atoms with van der Waals surface area (Å²) in [5, 5.41) is 6.99. The van der Waals surface area contributed by atoms with Crippen molar-refractivity contribution in [1.82, 2.24) is 15.1 Å². The molecule has 0 spiro atoms. The molecule has 2 aromatic rings. The number of alkyl halides is 5. The van der Waals surface area contributed by atoms with Crippen molar-refractivity contribution in [3.05, 3.63) is 41.1 Å². The van der Waals surface area contributed by atoms with Gasteiger partial charge in [0.2, 0.25) is 5.88 Å². The van der Waals surface area contributed by atoms with E-state index in [1.54, 1.807) is 12.1 Å². The first kappa shape index (κ1) is 24.2. The van der Waals surface area contributed by atoms with Crippen LogP contribution in [-0.4, -0.2) is 67.0 Å². The van der Waals surface area contributed by atoms with Crippen molar-refractivity contribution in [3.8, 4) is 11.6 Å². The van der Waals surface area contributed by atoms with E-state index in [0.717, 1.165) is 11.1 Å². The first-order chi connectivity index (χ1) is 16.2. The third kappa shape index (κ3) is 6.35. The Hall–Kier alpha value is -2.93. The molecule has 34 heavy (non-hydrogen) atoms. The highest BCUT2D eigenvalue weighted by atomic mass is 19.4. The number of benzene rings is 1. The molecule has 3 heterocycles. The van der Waals surface area contributed by atoms with Crippen LogP contribution in [0.15, 0.2) is 24.3 Å². The summed E-state index contributed by atoms with van der Waals surface area (Å²) in [7, 11) is 0. The van der Waals surface area contributed by atoms with E-state index in [-0.39, 0.29) is 44.0 Å². The van der Waals surface area contributed by atoms with E-state index in [1.165, 1.54) is 10.7 Å². The van der Waals surface area contributed by atoms with Gasteiger partial charge in [-0.15, -0.1) is 0 Å². The molecular weight excluding hydrogens is 469 g/mol. The van der Waals surface area contributed by atoms with Gasteiger partial charge in [-0.2, -0.15) is 27.1 Å². The van der Waals surface area contributed by atoms with Crippen LogP contribution >= 0.6 is 0 Å². The second-order valence-electron chi connectivity index (χ2n) is 7.93. The maximum Gasteiger partial charge on any atom is 0.411 e. The zero-order valence-electron chi connectivity index (χ0n) is 17.8. The molecule has 0 bridgehead atoms. The lowest BCUT2D eigenvalue weighted by molar-refractivity contribution is -0.177.